The normalized spacial score (nSPS) is 15.1. The zero-order chi connectivity index (χ0) is 17.9. The molecule has 0 spiro atoms. The van der Waals surface area contributed by atoms with Crippen molar-refractivity contribution in [3.8, 4) is 0 Å². The lowest BCUT2D eigenvalue weighted by Crippen LogP contribution is -2.36. The van der Waals surface area contributed by atoms with Crippen LogP contribution in [0, 0.1) is 6.92 Å². The number of hydrogen-bond acceptors (Lipinski definition) is 6. The SMILES string of the molecule is Cc1cc(Nc2ccccc2N2CCOCC2)nc(NC(C)(C)C)n1. The molecule has 0 atom stereocenters. The number of benzene rings is 1. The van der Waals surface area contributed by atoms with Gasteiger partial charge >= 0.3 is 0 Å². The van der Waals surface area contributed by atoms with E-state index < -0.39 is 0 Å². The third-order valence-electron chi connectivity index (χ3n) is 3.86. The number of aryl methyl sites for hydroxylation is 1. The van der Waals surface area contributed by atoms with Crippen molar-refractivity contribution in [1.82, 2.24) is 9.97 Å². The second-order valence-corrected chi connectivity index (χ2v) is 7.33. The Hall–Kier alpha value is -2.34. The number of para-hydroxylation sites is 2. The van der Waals surface area contributed by atoms with Crippen LogP contribution in [0.5, 0.6) is 0 Å². The average Bonchev–Trinajstić information content (AvgIpc) is 2.54. The third kappa shape index (κ3) is 4.82. The molecule has 0 amide bonds. The van der Waals surface area contributed by atoms with Crippen LogP contribution in [0.25, 0.3) is 0 Å². The van der Waals surface area contributed by atoms with Gasteiger partial charge in [-0.1, -0.05) is 12.1 Å². The molecule has 1 aromatic carbocycles. The zero-order valence-electron chi connectivity index (χ0n) is 15.5. The Morgan fingerprint density at radius 3 is 2.52 bits per heavy atom. The Kier molecular flexibility index (Phi) is 5.08. The highest BCUT2D eigenvalue weighted by Crippen LogP contribution is 2.29. The molecule has 1 saturated heterocycles. The minimum atomic E-state index is -0.0865. The predicted molar refractivity (Wildman–Crippen MR) is 103 cm³/mol. The van der Waals surface area contributed by atoms with Crippen LogP contribution in [0.15, 0.2) is 30.3 Å². The topological polar surface area (TPSA) is 62.3 Å². The molecule has 1 aliphatic heterocycles. The van der Waals surface area contributed by atoms with E-state index in [2.05, 4.69) is 64.5 Å². The molecule has 1 aliphatic rings. The summed E-state index contributed by atoms with van der Waals surface area (Å²) in [6.07, 6.45) is 0. The van der Waals surface area contributed by atoms with Crippen molar-refractivity contribution in [3.05, 3.63) is 36.0 Å². The largest absolute Gasteiger partial charge is 0.378 e. The van der Waals surface area contributed by atoms with Gasteiger partial charge in [-0.2, -0.15) is 4.98 Å². The minimum absolute atomic E-state index is 0.0865. The van der Waals surface area contributed by atoms with Crippen molar-refractivity contribution < 1.29 is 4.74 Å². The fourth-order valence-corrected chi connectivity index (χ4v) is 2.82. The zero-order valence-corrected chi connectivity index (χ0v) is 15.5. The standard InChI is InChI=1S/C19H27N5O/c1-14-13-17(22-18(20-14)23-19(2,3)4)21-15-7-5-6-8-16(15)24-9-11-25-12-10-24/h5-8,13H,9-12H2,1-4H3,(H2,20,21,22,23). The van der Waals surface area contributed by atoms with E-state index in [0.717, 1.165) is 43.5 Å². The number of aromatic nitrogens is 2. The summed E-state index contributed by atoms with van der Waals surface area (Å²) in [6.45, 7) is 11.6. The summed E-state index contributed by atoms with van der Waals surface area (Å²) in [7, 11) is 0. The second-order valence-electron chi connectivity index (χ2n) is 7.33. The number of morpholine rings is 1. The van der Waals surface area contributed by atoms with Crippen molar-refractivity contribution in [2.45, 2.75) is 33.2 Å². The second kappa shape index (κ2) is 7.27. The van der Waals surface area contributed by atoms with E-state index in [1.807, 2.05) is 19.1 Å². The maximum atomic E-state index is 5.47. The molecule has 2 N–H and O–H groups in total. The molecular formula is C19H27N5O. The lowest BCUT2D eigenvalue weighted by atomic mass is 10.1. The maximum Gasteiger partial charge on any atom is 0.225 e. The minimum Gasteiger partial charge on any atom is -0.378 e. The molecule has 6 heteroatoms. The van der Waals surface area contributed by atoms with Crippen molar-refractivity contribution in [2.24, 2.45) is 0 Å². The molecule has 2 aromatic rings. The van der Waals surface area contributed by atoms with E-state index in [1.165, 1.54) is 5.69 Å². The van der Waals surface area contributed by atoms with Crippen molar-refractivity contribution in [3.63, 3.8) is 0 Å². The number of nitrogens with zero attached hydrogens (tertiary/aromatic N) is 3. The molecular weight excluding hydrogens is 314 g/mol. The number of ether oxygens (including phenoxy) is 1. The fourth-order valence-electron chi connectivity index (χ4n) is 2.82. The first-order valence-electron chi connectivity index (χ1n) is 8.73. The number of rotatable bonds is 4. The first-order chi connectivity index (χ1) is 11.9. The molecule has 0 bridgehead atoms. The maximum absolute atomic E-state index is 5.47. The van der Waals surface area contributed by atoms with E-state index in [1.54, 1.807) is 0 Å². The third-order valence-corrected chi connectivity index (χ3v) is 3.86. The van der Waals surface area contributed by atoms with Gasteiger partial charge in [0.1, 0.15) is 5.82 Å². The molecule has 25 heavy (non-hydrogen) atoms. The van der Waals surface area contributed by atoms with Gasteiger partial charge in [0.15, 0.2) is 0 Å². The first-order valence-corrected chi connectivity index (χ1v) is 8.73. The smallest absolute Gasteiger partial charge is 0.225 e. The molecule has 3 rings (SSSR count). The van der Waals surface area contributed by atoms with Crippen LogP contribution in [-0.2, 0) is 4.74 Å². The molecule has 6 nitrogen and oxygen atoms in total. The van der Waals surface area contributed by atoms with E-state index >= 15 is 0 Å². The molecule has 1 aromatic heterocycles. The molecule has 1 fully saturated rings. The predicted octanol–water partition coefficient (Wildman–Crippen LogP) is 3.58. The van der Waals surface area contributed by atoms with Crippen LogP contribution >= 0.6 is 0 Å². The number of nitrogens with one attached hydrogen (secondary N) is 2. The monoisotopic (exact) mass is 341 g/mol. The van der Waals surface area contributed by atoms with Gasteiger partial charge < -0.3 is 20.3 Å². The summed E-state index contributed by atoms with van der Waals surface area (Å²) in [5, 5.41) is 6.80. The molecule has 0 radical (unpaired) electrons. The first kappa shape index (κ1) is 17.5. The van der Waals surface area contributed by atoms with E-state index in [0.29, 0.717) is 5.95 Å². The van der Waals surface area contributed by atoms with Crippen molar-refractivity contribution >= 4 is 23.1 Å². The van der Waals surface area contributed by atoms with Gasteiger partial charge in [-0.05, 0) is 39.8 Å². The van der Waals surface area contributed by atoms with Gasteiger partial charge in [0.25, 0.3) is 0 Å². The Balaban J connectivity index is 1.85. The van der Waals surface area contributed by atoms with Crippen molar-refractivity contribution in [2.75, 3.05) is 41.8 Å². The summed E-state index contributed by atoms with van der Waals surface area (Å²) < 4.78 is 5.47. The fraction of sp³-hybridized carbons (Fsp3) is 0.474. The van der Waals surface area contributed by atoms with Gasteiger partial charge in [-0.25, -0.2) is 4.98 Å². The summed E-state index contributed by atoms with van der Waals surface area (Å²) in [4.78, 5) is 11.4. The van der Waals surface area contributed by atoms with E-state index in [4.69, 9.17) is 4.74 Å². The number of anilines is 4. The van der Waals surface area contributed by atoms with Gasteiger partial charge in [-0.3, -0.25) is 0 Å². The molecule has 134 valence electrons. The summed E-state index contributed by atoms with van der Waals surface area (Å²) in [6, 6.07) is 10.3. The highest BCUT2D eigenvalue weighted by Gasteiger charge is 2.16. The Morgan fingerprint density at radius 2 is 1.80 bits per heavy atom. The van der Waals surface area contributed by atoms with Crippen LogP contribution in [0.1, 0.15) is 26.5 Å². The highest BCUT2D eigenvalue weighted by molar-refractivity contribution is 5.74. The quantitative estimate of drug-likeness (QED) is 0.886. The lowest BCUT2D eigenvalue weighted by Gasteiger charge is -2.30. The van der Waals surface area contributed by atoms with E-state index in [-0.39, 0.29) is 5.54 Å². The molecule has 2 heterocycles. The van der Waals surface area contributed by atoms with Gasteiger partial charge in [0, 0.05) is 30.4 Å². The van der Waals surface area contributed by atoms with Crippen molar-refractivity contribution in [1.29, 1.82) is 0 Å². The number of hydrogen-bond donors (Lipinski definition) is 2. The summed E-state index contributed by atoms with van der Waals surface area (Å²) >= 11 is 0. The van der Waals surface area contributed by atoms with Crippen LogP contribution in [0.3, 0.4) is 0 Å². The highest BCUT2D eigenvalue weighted by atomic mass is 16.5. The van der Waals surface area contributed by atoms with Crippen LogP contribution in [-0.4, -0.2) is 41.8 Å². The average molecular weight is 341 g/mol. The van der Waals surface area contributed by atoms with Gasteiger partial charge in [-0.15, -0.1) is 0 Å². The van der Waals surface area contributed by atoms with Crippen LogP contribution in [0.2, 0.25) is 0 Å². The van der Waals surface area contributed by atoms with Crippen LogP contribution < -0.4 is 15.5 Å². The van der Waals surface area contributed by atoms with Gasteiger partial charge in [0.2, 0.25) is 5.95 Å². The molecule has 0 saturated carbocycles. The lowest BCUT2D eigenvalue weighted by molar-refractivity contribution is 0.123. The van der Waals surface area contributed by atoms with Gasteiger partial charge in [0.05, 0.1) is 24.6 Å². The summed E-state index contributed by atoms with van der Waals surface area (Å²) in [5.41, 5.74) is 3.06. The Labute approximate surface area is 149 Å². The Morgan fingerprint density at radius 1 is 1.08 bits per heavy atom. The summed E-state index contributed by atoms with van der Waals surface area (Å²) in [5.74, 6) is 1.43. The van der Waals surface area contributed by atoms with E-state index in [9.17, 15) is 0 Å². The Bertz CT molecular complexity index is 720. The molecule has 0 unspecified atom stereocenters. The van der Waals surface area contributed by atoms with Crippen LogP contribution in [0.4, 0.5) is 23.1 Å². The molecule has 0 aliphatic carbocycles.